The Morgan fingerprint density at radius 2 is 1.83 bits per heavy atom. The van der Waals surface area contributed by atoms with Crippen molar-refractivity contribution in [3.05, 3.63) is 29.8 Å². The lowest BCUT2D eigenvalue weighted by Gasteiger charge is -2.09. The van der Waals surface area contributed by atoms with Gasteiger partial charge in [0.2, 0.25) is 0 Å². The van der Waals surface area contributed by atoms with Crippen LogP contribution in [0.1, 0.15) is 5.56 Å². The number of amides is 2. The molecule has 1 aromatic carbocycles. The lowest BCUT2D eigenvalue weighted by Crippen LogP contribution is -2.40. The Hall–Kier alpha value is -1.92. The molecular weight excluding hydrogens is 236 g/mol. The average Bonchev–Trinajstić information content (AvgIpc) is 2.38. The summed E-state index contributed by atoms with van der Waals surface area (Å²) in [6, 6.07) is 6.98. The highest BCUT2D eigenvalue weighted by atomic mass is 16.3. The van der Waals surface area contributed by atoms with Crippen LogP contribution >= 0.6 is 0 Å². The Labute approximate surface area is 105 Å². The molecule has 1 unspecified atom stereocenters. The molecule has 4 N–H and O–H groups in total. The average molecular weight is 252 g/mol. The molecule has 0 aliphatic carbocycles. The van der Waals surface area contributed by atoms with Gasteiger partial charge in [-0.15, -0.1) is 0 Å². The molecule has 6 heteroatoms. The summed E-state index contributed by atoms with van der Waals surface area (Å²) in [5.41, 5.74) is 1.56. The molecule has 0 aliphatic rings. The maximum Gasteiger partial charge on any atom is 0.313 e. The van der Waals surface area contributed by atoms with Crippen molar-refractivity contribution in [2.24, 2.45) is 0 Å². The van der Waals surface area contributed by atoms with E-state index in [1.807, 2.05) is 19.1 Å². The smallest absolute Gasteiger partial charge is 0.313 e. The number of rotatable bonds is 4. The number of benzene rings is 1. The minimum Gasteiger partial charge on any atom is -0.394 e. The third kappa shape index (κ3) is 4.52. The molecule has 18 heavy (non-hydrogen) atoms. The molecule has 0 bridgehead atoms. The Balaban J connectivity index is 2.45. The number of carbonyl (C=O) groups excluding carboxylic acids is 2. The number of aliphatic hydroxyl groups excluding tert-OH is 2. The van der Waals surface area contributed by atoms with Gasteiger partial charge in [-0.05, 0) is 19.1 Å². The summed E-state index contributed by atoms with van der Waals surface area (Å²) < 4.78 is 0. The van der Waals surface area contributed by atoms with Gasteiger partial charge in [0, 0.05) is 12.2 Å². The molecule has 6 nitrogen and oxygen atoms in total. The highest BCUT2D eigenvalue weighted by molar-refractivity contribution is 6.39. The zero-order valence-corrected chi connectivity index (χ0v) is 10.0. The molecule has 1 atom stereocenters. The fraction of sp³-hybridized carbons (Fsp3) is 0.333. The number of hydrogen-bond donors (Lipinski definition) is 4. The van der Waals surface area contributed by atoms with Gasteiger partial charge in [0.25, 0.3) is 0 Å². The van der Waals surface area contributed by atoms with Crippen LogP contribution in [-0.4, -0.2) is 41.3 Å². The quantitative estimate of drug-likeness (QED) is 0.538. The van der Waals surface area contributed by atoms with E-state index < -0.39 is 24.5 Å². The normalized spacial score (nSPS) is 11.7. The lowest BCUT2D eigenvalue weighted by atomic mass is 10.2. The van der Waals surface area contributed by atoms with Gasteiger partial charge in [0.15, 0.2) is 0 Å². The fourth-order valence-electron chi connectivity index (χ4n) is 1.18. The molecule has 1 aromatic rings. The van der Waals surface area contributed by atoms with Crippen LogP contribution in [0.15, 0.2) is 24.3 Å². The van der Waals surface area contributed by atoms with Crippen LogP contribution in [0.2, 0.25) is 0 Å². The molecule has 0 heterocycles. The highest BCUT2D eigenvalue weighted by Gasteiger charge is 2.14. The molecule has 0 fully saturated rings. The molecule has 2 amide bonds. The van der Waals surface area contributed by atoms with E-state index in [-0.39, 0.29) is 6.54 Å². The molecule has 0 radical (unpaired) electrons. The second kappa shape index (κ2) is 6.73. The molecule has 0 aliphatic heterocycles. The summed E-state index contributed by atoms with van der Waals surface area (Å²) in [5.74, 6) is -1.67. The number of anilines is 1. The first kappa shape index (κ1) is 14.1. The first-order valence-corrected chi connectivity index (χ1v) is 5.47. The molecule has 0 aromatic heterocycles. The molecular formula is C12H16N2O4. The van der Waals surface area contributed by atoms with Crippen LogP contribution in [-0.2, 0) is 9.59 Å². The van der Waals surface area contributed by atoms with Gasteiger partial charge in [-0.2, -0.15) is 0 Å². The Morgan fingerprint density at radius 1 is 1.22 bits per heavy atom. The van der Waals surface area contributed by atoms with Crippen molar-refractivity contribution < 1.29 is 19.8 Å². The van der Waals surface area contributed by atoms with Crippen LogP contribution in [0.3, 0.4) is 0 Å². The second-order valence-electron chi connectivity index (χ2n) is 3.87. The third-order valence-electron chi connectivity index (χ3n) is 2.22. The van der Waals surface area contributed by atoms with Crippen LogP contribution in [0.25, 0.3) is 0 Å². The number of nitrogens with one attached hydrogen (secondary N) is 2. The molecule has 0 saturated carbocycles. The Bertz CT molecular complexity index is 417. The van der Waals surface area contributed by atoms with Crippen molar-refractivity contribution >= 4 is 17.5 Å². The van der Waals surface area contributed by atoms with Gasteiger partial charge in [-0.3, -0.25) is 9.59 Å². The van der Waals surface area contributed by atoms with E-state index in [4.69, 9.17) is 10.2 Å². The minimum atomic E-state index is -1.07. The Kier molecular flexibility index (Phi) is 5.29. The summed E-state index contributed by atoms with van der Waals surface area (Å²) >= 11 is 0. The van der Waals surface area contributed by atoms with E-state index in [0.717, 1.165) is 5.56 Å². The van der Waals surface area contributed by atoms with E-state index in [2.05, 4.69) is 10.6 Å². The summed E-state index contributed by atoms with van der Waals surface area (Å²) in [6.45, 7) is 1.27. The van der Waals surface area contributed by atoms with Gasteiger partial charge in [0.05, 0.1) is 12.7 Å². The van der Waals surface area contributed by atoms with Crippen molar-refractivity contribution in [1.29, 1.82) is 0 Å². The van der Waals surface area contributed by atoms with Gasteiger partial charge in [-0.1, -0.05) is 17.7 Å². The summed E-state index contributed by atoms with van der Waals surface area (Å²) in [7, 11) is 0. The molecule has 0 spiro atoms. The van der Waals surface area contributed by atoms with E-state index in [1.165, 1.54) is 0 Å². The molecule has 1 rings (SSSR count). The number of carbonyl (C=O) groups is 2. The van der Waals surface area contributed by atoms with Crippen LogP contribution in [0, 0.1) is 6.92 Å². The SMILES string of the molecule is Cc1ccc(NC(=O)C(=O)NCC(O)CO)cc1. The van der Waals surface area contributed by atoms with Crippen molar-refractivity contribution in [2.45, 2.75) is 13.0 Å². The highest BCUT2D eigenvalue weighted by Crippen LogP contribution is 2.07. The van der Waals surface area contributed by atoms with Crippen LogP contribution in [0.5, 0.6) is 0 Å². The van der Waals surface area contributed by atoms with E-state index in [9.17, 15) is 9.59 Å². The minimum absolute atomic E-state index is 0.170. The maximum absolute atomic E-state index is 11.4. The molecule has 98 valence electrons. The van der Waals surface area contributed by atoms with Gasteiger partial charge in [0.1, 0.15) is 0 Å². The first-order valence-electron chi connectivity index (χ1n) is 5.47. The lowest BCUT2D eigenvalue weighted by molar-refractivity contribution is -0.136. The number of hydrogen-bond acceptors (Lipinski definition) is 4. The van der Waals surface area contributed by atoms with Crippen LogP contribution < -0.4 is 10.6 Å². The predicted octanol–water partition coefficient (Wildman–Crippen LogP) is -0.597. The van der Waals surface area contributed by atoms with E-state index in [0.29, 0.717) is 5.69 Å². The number of aryl methyl sites for hydroxylation is 1. The topological polar surface area (TPSA) is 98.7 Å². The van der Waals surface area contributed by atoms with Crippen LogP contribution in [0.4, 0.5) is 5.69 Å². The third-order valence-corrected chi connectivity index (χ3v) is 2.22. The zero-order valence-electron chi connectivity index (χ0n) is 10.0. The summed E-state index contributed by atoms with van der Waals surface area (Å²) in [4.78, 5) is 22.7. The standard InChI is InChI=1S/C12H16N2O4/c1-8-2-4-9(5-3-8)14-12(18)11(17)13-6-10(16)7-15/h2-5,10,15-16H,6-7H2,1H3,(H,13,17)(H,14,18). The van der Waals surface area contributed by atoms with Gasteiger partial charge in [-0.25, -0.2) is 0 Å². The summed E-state index contributed by atoms with van der Waals surface area (Å²) in [5, 5.41) is 22.2. The van der Waals surface area contributed by atoms with Gasteiger partial charge >= 0.3 is 11.8 Å². The fourth-order valence-corrected chi connectivity index (χ4v) is 1.18. The van der Waals surface area contributed by atoms with Gasteiger partial charge < -0.3 is 20.8 Å². The van der Waals surface area contributed by atoms with E-state index >= 15 is 0 Å². The van der Waals surface area contributed by atoms with E-state index in [1.54, 1.807) is 12.1 Å². The van der Waals surface area contributed by atoms with Crippen molar-refractivity contribution in [1.82, 2.24) is 5.32 Å². The van der Waals surface area contributed by atoms with Crippen molar-refractivity contribution in [3.8, 4) is 0 Å². The predicted molar refractivity (Wildman–Crippen MR) is 65.9 cm³/mol. The molecule has 0 saturated heterocycles. The Morgan fingerprint density at radius 3 is 2.39 bits per heavy atom. The monoisotopic (exact) mass is 252 g/mol. The second-order valence-corrected chi connectivity index (χ2v) is 3.87. The number of aliphatic hydroxyl groups is 2. The summed E-state index contributed by atoms with van der Waals surface area (Å²) in [6.07, 6.45) is -1.07. The maximum atomic E-state index is 11.4. The first-order chi connectivity index (χ1) is 8.52. The zero-order chi connectivity index (χ0) is 13.5. The van der Waals surface area contributed by atoms with Crippen molar-refractivity contribution in [2.75, 3.05) is 18.5 Å². The van der Waals surface area contributed by atoms with Crippen molar-refractivity contribution in [3.63, 3.8) is 0 Å². The largest absolute Gasteiger partial charge is 0.394 e.